The Morgan fingerprint density at radius 1 is 0.378 bits per heavy atom. The molecule has 1 aliphatic carbocycles. The van der Waals surface area contributed by atoms with Crippen LogP contribution in [0.15, 0.2) is 121 Å². The van der Waals surface area contributed by atoms with Crippen LogP contribution in [0.5, 0.6) is 0 Å². The zero-order valence-corrected chi connectivity index (χ0v) is 21.0. The maximum absolute atomic E-state index is 2.39. The second-order valence-corrected chi connectivity index (χ2v) is 10.9. The molecule has 0 N–H and O–H groups in total. The molecule has 0 heteroatoms. The molecule has 0 amide bonds. The molecule has 0 unspecified atom stereocenters. The van der Waals surface area contributed by atoms with Crippen molar-refractivity contribution in [2.24, 2.45) is 0 Å². The van der Waals surface area contributed by atoms with Gasteiger partial charge in [0.15, 0.2) is 0 Å². The van der Waals surface area contributed by atoms with Gasteiger partial charge in [0.05, 0.1) is 0 Å². The highest BCUT2D eigenvalue weighted by atomic mass is 14.4. The van der Waals surface area contributed by atoms with Gasteiger partial charge in [0.2, 0.25) is 0 Å². The van der Waals surface area contributed by atoms with Gasteiger partial charge < -0.3 is 0 Å². The third kappa shape index (κ3) is 2.79. The van der Waals surface area contributed by atoms with Gasteiger partial charge in [-0.05, 0) is 88.6 Å². The van der Waals surface area contributed by atoms with E-state index in [1.807, 2.05) is 0 Å². The maximum atomic E-state index is 2.39. The van der Waals surface area contributed by atoms with Crippen molar-refractivity contribution in [3.05, 3.63) is 132 Å². The lowest BCUT2D eigenvalue weighted by molar-refractivity contribution is 0.645. The fourth-order valence-electron chi connectivity index (χ4n) is 6.81. The number of fused-ring (bicyclic) bond motifs is 6. The Labute approximate surface area is 216 Å². The molecule has 0 fully saturated rings. The zero-order chi connectivity index (χ0) is 24.7. The number of hydrogen-bond acceptors (Lipinski definition) is 0. The Balaban J connectivity index is 1.45. The first-order valence-electron chi connectivity index (χ1n) is 13.1. The van der Waals surface area contributed by atoms with Crippen LogP contribution in [-0.2, 0) is 5.41 Å². The van der Waals surface area contributed by atoms with Gasteiger partial charge in [-0.3, -0.25) is 0 Å². The average molecular weight is 471 g/mol. The topological polar surface area (TPSA) is 0 Å². The van der Waals surface area contributed by atoms with Gasteiger partial charge in [0, 0.05) is 5.41 Å². The zero-order valence-electron chi connectivity index (χ0n) is 21.0. The first-order valence-corrected chi connectivity index (χ1v) is 13.1. The van der Waals surface area contributed by atoms with E-state index in [-0.39, 0.29) is 5.41 Å². The van der Waals surface area contributed by atoms with Crippen molar-refractivity contribution >= 4 is 43.1 Å². The lowest BCUT2D eigenvalue weighted by atomic mass is 9.68. The van der Waals surface area contributed by atoms with E-state index in [2.05, 4.69) is 135 Å². The molecule has 8 rings (SSSR count). The predicted octanol–water partition coefficient (Wildman–Crippen LogP) is 10.3. The van der Waals surface area contributed by atoms with Crippen LogP contribution in [0.1, 0.15) is 25.0 Å². The van der Waals surface area contributed by atoms with Gasteiger partial charge in [0.25, 0.3) is 0 Å². The summed E-state index contributed by atoms with van der Waals surface area (Å²) >= 11 is 0. The molecule has 174 valence electrons. The van der Waals surface area contributed by atoms with E-state index >= 15 is 0 Å². The van der Waals surface area contributed by atoms with Crippen LogP contribution in [0, 0.1) is 0 Å². The summed E-state index contributed by atoms with van der Waals surface area (Å²) in [4.78, 5) is 0. The fourth-order valence-corrected chi connectivity index (χ4v) is 6.81. The highest BCUT2D eigenvalue weighted by molar-refractivity contribution is 6.16. The molecule has 0 bridgehead atoms. The second-order valence-electron chi connectivity index (χ2n) is 10.9. The predicted molar refractivity (Wildman–Crippen MR) is 159 cm³/mol. The molecule has 0 heterocycles. The maximum Gasteiger partial charge on any atom is 0.0159 e. The minimum absolute atomic E-state index is 0.0439. The SMILES string of the molecule is CC1(C)c2ccccc2-c2cccc3c(-c4cccc5cc6c(ccc7ccccc76)cc45)ccc1c23. The summed E-state index contributed by atoms with van der Waals surface area (Å²) < 4.78 is 0. The molecule has 0 saturated heterocycles. The summed E-state index contributed by atoms with van der Waals surface area (Å²) in [6.07, 6.45) is 0. The van der Waals surface area contributed by atoms with Gasteiger partial charge in [-0.1, -0.05) is 123 Å². The van der Waals surface area contributed by atoms with Crippen LogP contribution < -0.4 is 0 Å². The van der Waals surface area contributed by atoms with Gasteiger partial charge >= 0.3 is 0 Å². The van der Waals surface area contributed by atoms with Crippen LogP contribution in [0.3, 0.4) is 0 Å². The van der Waals surface area contributed by atoms with Crippen molar-refractivity contribution in [1.29, 1.82) is 0 Å². The van der Waals surface area contributed by atoms with E-state index in [1.54, 1.807) is 0 Å². The van der Waals surface area contributed by atoms with Crippen molar-refractivity contribution in [3.8, 4) is 22.3 Å². The van der Waals surface area contributed by atoms with E-state index < -0.39 is 0 Å². The van der Waals surface area contributed by atoms with E-state index in [1.165, 1.54) is 76.5 Å². The van der Waals surface area contributed by atoms with Crippen molar-refractivity contribution in [3.63, 3.8) is 0 Å². The summed E-state index contributed by atoms with van der Waals surface area (Å²) in [6, 6.07) is 45.2. The minimum atomic E-state index is -0.0439. The van der Waals surface area contributed by atoms with E-state index in [0.29, 0.717) is 0 Å². The van der Waals surface area contributed by atoms with Crippen LogP contribution in [0.4, 0.5) is 0 Å². The van der Waals surface area contributed by atoms with Crippen molar-refractivity contribution < 1.29 is 0 Å². The smallest absolute Gasteiger partial charge is 0.0159 e. The van der Waals surface area contributed by atoms with Crippen molar-refractivity contribution in [1.82, 2.24) is 0 Å². The van der Waals surface area contributed by atoms with E-state index in [0.717, 1.165) is 0 Å². The summed E-state index contributed by atoms with van der Waals surface area (Å²) in [7, 11) is 0. The lowest BCUT2D eigenvalue weighted by Gasteiger charge is -2.35. The van der Waals surface area contributed by atoms with Gasteiger partial charge in [-0.15, -0.1) is 0 Å². The second kappa shape index (κ2) is 7.31. The quantitative estimate of drug-likeness (QED) is 0.165. The molecule has 0 atom stereocenters. The van der Waals surface area contributed by atoms with Crippen LogP contribution in [0.2, 0.25) is 0 Å². The molecule has 0 aromatic heterocycles. The standard InChI is InChI=1S/C37H26/c1-37(2)34-16-6-5-12-29(34)31-15-8-14-30-28(19-20-35(37)36(30)31)27-13-7-10-24-21-32-25(22-33(24)27)18-17-23-9-3-4-11-26(23)32/h3-22H,1-2H3. The van der Waals surface area contributed by atoms with Crippen LogP contribution in [-0.4, -0.2) is 0 Å². The molecule has 37 heavy (non-hydrogen) atoms. The largest absolute Gasteiger partial charge is 0.0619 e. The highest BCUT2D eigenvalue weighted by Crippen LogP contribution is 2.50. The van der Waals surface area contributed by atoms with Crippen LogP contribution >= 0.6 is 0 Å². The van der Waals surface area contributed by atoms with Crippen molar-refractivity contribution in [2.75, 3.05) is 0 Å². The normalized spacial score (nSPS) is 13.9. The summed E-state index contributed by atoms with van der Waals surface area (Å²) in [5.41, 5.74) is 8.09. The Hall–Kier alpha value is -4.42. The molecule has 0 spiro atoms. The number of rotatable bonds is 1. The Morgan fingerprint density at radius 3 is 1.95 bits per heavy atom. The molecule has 1 aliphatic rings. The van der Waals surface area contributed by atoms with Gasteiger partial charge in [-0.25, -0.2) is 0 Å². The summed E-state index contributed by atoms with van der Waals surface area (Å²) in [5, 5.41) is 10.5. The Bertz CT molecular complexity index is 2060. The van der Waals surface area contributed by atoms with E-state index in [4.69, 9.17) is 0 Å². The Morgan fingerprint density at radius 2 is 1.00 bits per heavy atom. The van der Waals surface area contributed by atoms with Gasteiger partial charge in [0.1, 0.15) is 0 Å². The summed E-state index contributed by atoms with van der Waals surface area (Å²) in [6.45, 7) is 4.73. The van der Waals surface area contributed by atoms with E-state index in [9.17, 15) is 0 Å². The molecule has 7 aromatic carbocycles. The molecular formula is C37H26. The fraction of sp³-hybridized carbons (Fsp3) is 0.0811. The van der Waals surface area contributed by atoms with Gasteiger partial charge in [-0.2, -0.15) is 0 Å². The number of hydrogen-bond donors (Lipinski definition) is 0. The lowest BCUT2D eigenvalue weighted by Crippen LogP contribution is -2.23. The molecule has 0 saturated carbocycles. The first-order chi connectivity index (χ1) is 18.1. The minimum Gasteiger partial charge on any atom is -0.0619 e. The average Bonchev–Trinajstić information content (AvgIpc) is 2.94. The Kier molecular flexibility index (Phi) is 4.10. The molecule has 0 radical (unpaired) electrons. The molecule has 0 aliphatic heterocycles. The number of benzene rings is 7. The first kappa shape index (κ1) is 20.7. The van der Waals surface area contributed by atoms with Crippen LogP contribution in [0.25, 0.3) is 65.3 Å². The van der Waals surface area contributed by atoms with Crippen molar-refractivity contribution in [2.45, 2.75) is 19.3 Å². The molecule has 7 aromatic rings. The summed E-state index contributed by atoms with van der Waals surface area (Å²) in [5.74, 6) is 0. The third-order valence-corrected chi connectivity index (χ3v) is 8.64. The monoisotopic (exact) mass is 470 g/mol. The highest BCUT2D eigenvalue weighted by Gasteiger charge is 2.33. The molecular weight excluding hydrogens is 444 g/mol. The third-order valence-electron chi connectivity index (χ3n) is 8.64. The molecule has 0 nitrogen and oxygen atoms in total.